The predicted molar refractivity (Wildman–Crippen MR) is 78.9 cm³/mol. The van der Waals surface area contributed by atoms with Crippen LogP contribution < -0.4 is 0 Å². The van der Waals surface area contributed by atoms with Crippen molar-refractivity contribution >= 4 is 45.7 Å². The predicted octanol–water partition coefficient (Wildman–Crippen LogP) is 5.40. The molecule has 114 valence electrons. The van der Waals surface area contributed by atoms with Crippen LogP contribution in [0.1, 0.15) is 5.56 Å². The lowest BCUT2D eigenvalue weighted by molar-refractivity contribution is -0.137. The van der Waals surface area contributed by atoms with Crippen molar-refractivity contribution in [3.05, 3.63) is 51.5 Å². The number of hydrogen-bond donors (Lipinski definition) is 0. The van der Waals surface area contributed by atoms with E-state index >= 15 is 0 Å². The first-order valence-electron chi connectivity index (χ1n) is 5.83. The van der Waals surface area contributed by atoms with Gasteiger partial charge in [0.15, 0.2) is 5.82 Å². The van der Waals surface area contributed by atoms with Gasteiger partial charge in [-0.05, 0) is 12.1 Å². The van der Waals surface area contributed by atoms with Gasteiger partial charge in [-0.2, -0.15) is 13.2 Å². The number of halogens is 6. The number of alkyl halides is 3. The van der Waals surface area contributed by atoms with Gasteiger partial charge in [0, 0.05) is 23.8 Å². The van der Waals surface area contributed by atoms with Crippen LogP contribution in [0.4, 0.5) is 13.2 Å². The lowest BCUT2D eigenvalue weighted by atomic mass is 10.2. The van der Waals surface area contributed by atoms with E-state index in [0.29, 0.717) is 10.9 Å². The molecule has 0 radical (unpaired) electrons. The van der Waals surface area contributed by atoms with Crippen LogP contribution in [0.2, 0.25) is 15.3 Å². The highest BCUT2D eigenvalue weighted by Gasteiger charge is 2.31. The Labute approximate surface area is 137 Å². The minimum Gasteiger partial charge on any atom is -0.300 e. The summed E-state index contributed by atoms with van der Waals surface area (Å²) in [5.41, 5.74) is -0.380. The first-order chi connectivity index (χ1) is 10.3. The molecule has 3 aromatic rings. The Morgan fingerprint density at radius 2 is 1.82 bits per heavy atom. The first kappa shape index (κ1) is 15.4. The van der Waals surface area contributed by atoms with Gasteiger partial charge in [0.2, 0.25) is 0 Å². The van der Waals surface area contributed by atoms with E-state index in [4.69, 9.17) is 34.8 Å². The van der Waals surface area contributed by atoms with Crippen molar-refractivity contribution in [2.45, 2.75) is 6.18 Å². The number of pyridine rings is 2. The van der Waals surface area contributed by atoms with Crippen molar-refractivity contribution in [2.75, 3.05) is 0 Å². The van der Waals surface area contributed by atoms with Gasteiger partial charge >= 0.3 is 6.18 Å². The quantitative estimate of drug-likeness (QED) is 0.540. The van der Waals surface area contributed by atoms with E-state index in [1.807, 2.05) is 0 Å². The molecule has 3 heterocycles. The first-order valence-corrected chi connectivity index (χ1v) is 6.97. The zero-order valence-electron chi connectivity index (χ0n) is 10.5. The van der Waals surface area contributed by atoms with Crippen molar-refractivity contribution in [3.8, 4) is 5.82 Å². The molecular formula is C13H5Cl3F3N3. The maximum atomic E-state index is 12.7. The molecule has 0 unspecified atom stereocenters. The topological polar surface area (TPSA) is 30.7 Å². The summed E-state index contributed by atoms with van der Waals surface area (Å²) in [5, 5.41) is 0.782. The Balaban J connectivity index is 2.20. The molecule has 0 spiro atoms. The number of hydrogen-bond acceptors (Lipinski definition) is 2. The molecule has 0 bridgehead atoms. The van der Waals surface area contributed by atoms with Gasteiger partial charge in [-0.25, -0.2) is 9.97 Å². The molecule has 0 N–H and O–H groups in total. The summed E-state index contributed by atoms with van der Waals surface area (Å²) in [6.45, 7) is 0. The van der Waals surface area contributed by atoms with Gasteiger partial charge in [0.05, 0.1) is 16.1 Å². The molecular weight excluding hydrogens is 362 g/mol. The minimum absolute atomic E-state index is 0.142. The van der Waals surface area contributed by atoms with Crippen molar-refractivity contribution in [1.82, 2.24) is 14.5 Å². The highest BCUT2D eigenvalue weighted by Crippen LogP contribution is 2.34. The number of nitrogens with zero attached hydrogens (tertiary/aromatic N) is 3. The summed E-state index contributed by atoms with van der Waals surface area (Å²) in [7, 11) is 0. The third-order valence-corrected chi connectivity index (χ3v) is 3.75. The third kappa shape index (κ3) is 2.62. The van der Waals surface area contributed by atoms with E-state index < -0.39 is 11.7 Å². The summed E-state index contributed by atoms with van der Waals surface area (Å²) >= 11 is 17.8. The maximum absolute atomic E-state index is 12.7. The van der Waals surface area contributed by atoms with Gasteiger partial charge in [-0.1, -0.05) is 34.8 Å². The SMILES string of the molecule is FC(F)(F)c1cnc(-n2ccc3c(Cl)nc(Cl)cc32)c(Cl)c1. The zero-order chi connectivity index (χ0) is 16.1. The van der Waals surface area contributed by atoms with Crippen LogP contribution in [0.15, 0.2) is 30.6 Å². The van der Waals surface area contributed by atoms with Gasteiger partial charge in [0.25, 0.3) is 0 Å². The minimum atomic E-state index is -4.51. The molecule has 3 aromatic heterocycles. The average Bonchev–Trinajstić information content (AvgIpc) is 2.81. The molecule has 3 nitrogen and oxygen atoms in total. The van der Waals surface area contributed by atoms with Crippen LogP contribution in [-0.4, -0.2) is 14.5 Å². The molecule has 9 heteroatoms. The Morgan fingerprint density at radius 3 is 2.45 bits per heavy atom. The van der Waals surface area contributed by atoms with Crippen molar-refractivity contribution in [1.29, 1.82) is 0 Å². The van der Waals surface area contributed by atoms with E-state index in [1.54, 1.807) is 12.3 Å². The third-order valence-electron chi connectivity index (χ3n) is 2.99. The van der Waals surface area contributed by atoms with Crippen molar-refractivity contribution in [3.63, 3.8) is 0 Å². The summed E-state index contributed by atoms with van der Waals surface area (Å²) in [5.74, 6) is 0.142. The Bertz CT molecular complexity index is 874. The van der Waals surface area contributed by atoms with Crippen LogP contribution in [0.25, 0.3) is 16.7 Å². The lowest BCUT2D eigenvalue weighted by Crippen LogP contribution is -2.07. The Morgan fingerprint density at radius 1 is 1.09 bits per heavy atom. The van der Waals surface area contributed by atoms with Crippen LogP contribution >= 0.6 is 34.8 Å². The fourth-order valence-corrected chi connectivity index (χ4v) is 2.75. The largest absolute Gasteiger partial charge is 0.417 e. The van der Waals surface area contributed by atoms with Crippen LogP contribution in [-0.2, 0) is 6.18 Å². The van der Waals surface area contributed by atoms with Gasteiger partial charge in [0.1, 0.15) is 10.3 Å². The summed E-state index contributed by atoms with van der Waals surface area (Å²) < 4.78 is 39.5. The summed E-state index contributed by atoms with van der Waals surface area (Å²) in [6, 6.07) is 4.00. The lowest BCUT2D eigenvalue weighted by Gasteiger charge is -2.11. The van der Waals surface area contributed by atoms with Crippen LogP contribution in [0.3, 0.4) is 0 Å². The van der Waals surface area contributed by atoms with Crippen molar-refractivity contribution in [2.24, 2.45) is 0 Å². The van der Waals surface area contributed by atoms with Crippen LogP contribution in [0, 0.1) is 0 Å². The van der Waals surface area contributed by atoms with Crippen LogP contribution in [0.5, 0.6) is 0 Å². The second kappa shape index (κ2) is 5.30. The monoisotopic (exact) mass is 365 g/mol. The molecule has 0 saturated carbocycles. The second-order valence-electron chi connectivity index (χ2n) is 4.38. The van der Waals surface area contributed by atoms with Gasteiger partial charge < -0.3 is 0 Å². The molecule has 0 amide bonds. The highest BCUT2D eigenvalue weighted by atomic mass is 35.5. The summed E-state index contributed by atoms with van der Waals surface area (Å²) in [6.07, 6.45) is -2.21. The molecule has 0 aliphatic rings. The van der Waals surface area contributed by atoms with Crippen molar-refractivity contribution < 1.29 is 13.2 Å². The normalized spacial score (nSPS) is 12.1. The van der Waals surface area contributed by atoms with Gasteiger partial charge in [-0.15, -0.1) is 0 Å². The molecule has 0 aliphatic carbocycles. The maximum Gasteiger partial charge on any atom is 0.417 e. The number of rotatable bonds is 1. The van der Waals surface area contributed by atoms with E-state index in [9.17, 15) is 13.2 Å². The molecule has 0 fully saturated rings. The Hall–Kier alpha value is -1.50. The summed E-state index contributed by atoms with van der Waals surface area (Å²) in [4.78, 5) is 7.69. The highest BCUT2D eigenvalue weighted by molar-refractivity contribution is 6.36. The number of fused-ring (bicyclic) bond motifs is 1. The molecule has 0 aliphatic heterocycles. The van der Waals surface area contributed by atoms with Gasteiger partial charge in [-0.3, -0.25) is 4.57 Å². The van der Waals surface area contributed by atoms with E-state index in [-0.39, 0.29) is 21.1 Å². The fraction of sp³-hybridized carbons (Fsp3) is 0.0769. The molecule has 3 rings (SSSR count). The zero-order valence-corrected chi connectivity index (χ0v) is 12.8. The molecule has 0 saturated heterocycles. The molecule has 0 atom stereocenters. The Kier molecular flexibility index (Phi) is 3.71. The fourth-order valence-electron chi connectivity index (χ4n) is 2.01. The van der Waals surface area contributed by atoms with E-state index in [2.05, 4.69) is 9.97 Å². The standard InChI is InChI=1S/C13H5Cl3F3N3/c14-8-3-6(13(17,18)19)5-20-12(8)22-2-1-7-9(22)4-10(15)21-11(7)16/h1-5H. The van der Waals surface area contributed by atoms with E-state index in [1.165, 1.54) is 10.6 Å². The average molecular weight is 367 g/mol. The number of aromatic nitrogens is 3. The second-order valence-corrected chi connectivity index (χ2v) is 5.53. The molecule has 22 heavy (non-hydrogen) atoms. The molecule has 0 aromatic carbocycles. The smallest absolute Gasteiger partial charge is 0.300 e. The van der Waals surface area contributed by atoms with E-state index in [0.717, 1.165) is 12.3 Å².